The number of benzene rings is 1. The third kappa shape index (κ3) is 7.32. The summed E-state index contributed by atoms with van der Waals surface area (Å²) >= 11 is 6.72. The minimum atomic E-state index is -1.72. The minimum absolute atomic E-state index is 0.0744. The SMILES string of the molecule is CNC(C)C(=O)OC1CC(=O)N(C)c2cc(cc(OC)c2Cl)C/C(C)=C/C=C/C(OC)C2(O)CC(OC(=O)N2)C(C)C2CC12C. The number of aliphatic hydroxyl groups is 1. The second-order valence-electron chi connectivity index (χ2n) is 12.8. The lowest BCUT2D eigenvalue weighted by Crippen LogP contribution is -2.63. The van der Waals surface area contributed by atoms with Gasteiger partial charge < -0.3 is 34.3 Å². The summed E-state index contributed by atoms with van der Waals surface area (Å²) in [7, 11) is 6.29. The maximum atomic E-state index is 13.9. The predicted octanol–water partition coefficient (Wildman–Crippen LogP) is 4.14. The zero-order valence-corrected chi connectivity index (χ0v) is 28.1. The number of carbonyl (C=O) groups is 3. The normalized spacial score (nSPS) is 34.8. The van der Waals surface area contributed by atoms with Gasteiger partial charge in [0.1, 0.15) is 35.1 Å². The second-order valence-corrected chi connectivity index (χ2v) is 13.2. The molecule has 2 amide bonds. The van der Waals surface area contributed by atoms with E-state index >= 15 is 0 Å². The van der Waals surface area contributed by atoms with Crippen LogP contribution < -0.4 is 20.3 Å². The number of methoxy groups -OCH3 is 2. The first-order valence-corrected chi connectivity index (χ1v) is 15.6. The smallest absolute Gasteiger partial charge is 0.409 e. The van der Waals surface area contributed by atoms with E-state index in [9.17, 15) is 19.5 Å². The van der Waals surface area contributed by atoms with Crippen molar-refractivity contribution in [3.8, 4) is 5.75 Å². The molecule has 0 radical (unpaired) electrons. The van der Waals surface area contributed by atoms with Crippen LogP contribution >= 0.6 is 11.6 Å². The molecule has 12 heteroatoms. The van der Waals surface area contributed by atoms with E-state index in [0.29, 0.717) is 29.3 Å². The minimum Gasteiger partial charge on any atom is -0.495 e. The molecule has 1 aromatic rings. The number of nitrogens with zero attached hydrogens (tertiary/aromatic N) is 1. The van der Waals surface area contributed by atoms with E-state index in [1.54, 1.807) is 33.2 Å². The van der Waals surface area contributed by atoms with Gasteiger partial charge in [-0.1, -0.05) is 49.2 Å². The number of esters is 1. The van der Waals surface area contributed by atoms with Crippen molar-refractivity contribution in [3.63, 3.8) is 0 Å². The van der Waals surface area contributed by atoms with Crippen molar-refractivity contribution in [1.82, 2.24) is 10.6 Å². The predicted molar refractivity (Wildman–Crippen MR) is 170 cm³/mol. The molecular formula is C33H46ClN3O8. The highest BCUT2D eigenvalue weighted by atomic mass is 35.5. The van der Waals surface area contributed by atoms with Gasteiger partial charge in [-0.25, -0.2) is 4.79 Å². The van der Waals surface area contributed by atoms with Gasteiger partial charge in [-0.15, -0.1) is 0 Å². The van der Waals surface area contributed by atoms with Gasteiger partial charge in [0.05, 0.1) is 19.2 Å². The number of likely N-dealkylation sites (N-methyl/N-ethyl adjacent to an activating group) is 1. The fraction of sp³-hybridized carbons (Fsp3) is 0.606. The average Bonchev–Trinajstić information content (AvgIpc) is 3.69. The number of ether oxygens (including phenoxy) is 4. The number of alkyl carbamates (subject to hydrolysis) is 1. The largest absolute Gasteiger partial charge is 0.495 e. The summed E-state index contributed by atoms with van der Waals surface area (Å²) in [5.41, 5.74) is -0.00815. The molecule has 1 aliphatic carbocycles. The van der Waals surface area contributed by atoms with Crippen LogP contribution in [0, 0.1) is 17.3 Å². The monoisotopic (exact) mass is 647 g/mol. The molecule has 0 spiro atoms. The first kappa shape index (κ1) is 34.7. The number of allylic oxidation sites excluding steroid dienone is 3. The molecule has 11 nitrogen and oxygen atoms in total. The van der Waals surface area contributed by atoms with Crippen molar-refractivity contribution in [2.24, 2.45) is 17.3 Å². The number of halogens is 1. The van der Waals surface area contributed by atoms with Crippen molar-refractivity contribution in [1.29, 1.82) is 0 Å². The first-order chi connectivity index (χ1) is 21.2. The molecule has 0 aromatic heterocycles. The maximum Gasteiger partial charge on any atom is 0.409 e. The molecule has 8 atom stereocenters. The summed E-state index contributed by atoms with van der Waals surface area (Å²) in [6, 6.07) is 3.09. The number of nitrogens with one attached hydrogen (secondary N) is 2. The topological polar surface area (TPSA) is 136 Å². The van der Waals surface area contributed by atoms with Gasteiger partial charge in [0, 0.05) is 26.0 Å². The number of rotatable bonds is 5. The Labute approximate surface area is 270 Å². The summed E-state index contributed by atoms with van der Waals surface area (Å²) in [4.78, 5) is 41.1. The van der Waals surface area contributed by atoms with Crippen LogP contribution in [-0.2, 0) is 30.2 Å². The maximum absolute atomic E-state index is 13.9. The lowest BCUT2D eigenvalue weighted by molar-refractivity contribution is -0.157. The molecule has 2 heterocycles. The van der Waals surface area contributed by atoms with E-state index < -0.39 is 47.6 Å². The van der Waals surface area contributed by atoms with Crippen LogP contribution in [0.15, 0.2) is 35.9 Å². The zero-order chi connectivity index (χ0) is 33.3. The Morgan fingerprint density at radius 3 is 2.62 bits per heavy atom. The fourth-order valence-corrected chi connectivity index (χ4v) is 6.83. The molecule has 2 fully saturated rings. The molecular weight excluding hydrogens is 602 g/mol. The Bertz CT molecular complexity index is 1370. The van der Waals surface area contributed by atoms with E-state index in [1.165, 1.54) is 19.1 Å². The Kier molecular flexibility index (Phi) is 10.6. The third-order valence-corrected chi connectivity index (χ3v) is 10.1. The lowest BCUT2D eigenvalue weighted by Gasteiger charge is -2.42. The highest BCUT2D eigenvalue weighted by Crippen LogP contribution is 2.61. The standard InChI is InChI=1S/C33H46ClN3O8/c1-18-10-9-11-26(43-8)33(41)17-25(44-31(40)36-33)19(2)22-16-32(22,4)27(45-30(39)20(3)35-5)15-28(38)37(6)23-13-21(12-18)14-24(42-7)29(23)34/h9-11,13-14,19-20,22,25-27,35,41H,12,15-17H2,1-8H3,(H,36,40)/b11-9+,18-10+. The van der Waals surface area contributed by atoms with Crippen LogP contribution in [0.25, 0.3) is 0 Å². The molecule has 8 unspecified atom stereocenters. The molecule has 1 saturated carbocycles. The van der Waals surface area contributed by atoms with E-state index in [2.05, 4.69) is 10.6 Å². The molecule has 4 bridgehead atoms. The van der Waals surface area contributed by atoms with Gasteiger partial charge in [0.2, 0.25) is 5.91 Å². The highest BCUT2D eigenvalue weighted by molar-refractivity contribution is 6.35. The van der Waals surface area contributed by atoms with Crippen LogP contribution in [-0.4, -0.2) is 81.5 Å². The van der Waals surface area contributed by atoms with Gasteiger partial charge >= 0.3 is 12.1 Å². The van der Waals surface area contributed by atoms with Crippen molar-refractivity contribution in [3.05, 3.63) is 46.5 Å². The van der Waals surface area contributed by atoms with Crippen molar-refractivity contribution in [2.45, 2.75) is 83.5 Å². The second kappa shape index (κ2) is 13.7. The Hall–Kier alpha value is -3.12. The molecule has 3 aliphatic rings. The summed E-state index contributed by atoms with van der Waals surface area (Å²) in [6.45, 7) is 7.57. The molecule has 248 valence electrons. The number of amides is 2. The third-order valence-electron chi connectivity index (χ3n) is 9.71. The molecule has 45 heavy (non-hydrogen) atoms. The zero-order valence-electron chi connectivity index (χ0n) is 27.3. The van der Waals surface area contributed by atoms with E-state index in [-0.39, 0.29) is 30.6 Å². The van der Waals surface area contributed by atoms with E-state index in [4.69, 9.17) is 30.5 Å². The molecule has 2 aliphatic heterocycles. The van der Waals surface area contributed by atoms with Crippen LogP contribution in [0.5, 0.6) is 5.75 Å². The summed E-state index contributed by atoms with van der Waals surface area (Å²) in [6.07, 6.45) is 3.46. The summed E-state index contributed by atoms with van der Waals surface area (Å²) < 4.78 is 22.9. The van der Waals surface area contributed by atoms with Gasteiger partial charge in [0.25, 0.3) is 0 Å². The van der Waals surface area contributed by atoms with Crippen molar-refractivity contribution in [2.75, 3.05) is 33.2 Å². The first-order valence-electron chi connectivity index (χ1n) is 15.3. The Morgan fingerprint density at radius 1 is 1.27 bits per heavy atom. The highest BCUT2D eigenvalue weighted by Gasteiger charge is 2.62. The number of carbonyl (C=O) groups excluding carboxylic acids is 3. The Morgan fingerprint density at radius 2 is 1.98 bits per heavy atom. The number of fused-ring (bicyclic) bond motifs is 5. The van der Waals surface area contributed by atoms with E-state index in [0.717, 1.165) is 11.1 Å². The summed E-state index contributed by atoms with van der Waals surface area (Å²) in [5, 5.41) is 17.4. The van der Waals surface area contributed by atoms with Gasteiger partial charge in [-0.05, 0) is 63.3 Å². The molecule has 4 rings (SSSR count). The lowest BCUT2D eigenvalue weighted by atomic mass is 9.83. The van der Waals surface area contributed by atoms with Gasteiger partial charge in [0.15, 0.2) is 5.72 Å². The summed E-state index contributed by atoms with van der Waals surface area (Å²) in [5.74, 6) is -0.641. The van der Waals surface area contributed by atoms with Crippen LogP contribution in [0.1, 0.15) is 52.5 Å². The van der Waals surface area contributed by atoms with Crippen LogP contribution in [0.2, 0.25) is 5.02 Å². The van der Waals surface area contributed by atoms with Gasteiger partial charge in [-0.2, -0.15) is 0 Å². The van der Waals surface area contributed by atoms with Crippen LogP contribution in [0.3, 0.4) is 0 Å². The molecule has 1 aromatic carbocycles. The number of anilines is 1. The fourth-order valence-electron chi connectivity index (χ4n) is 6.52. The number of hydrogen-bond acceptors (Lipinski definition) is 9. The molecule has 3 N–H and O–H groups in total. The van der Waals surface area contributed by atoms with Crippen LogP contribution in [0.4, 0.5) is 10.5 Å². The number of hydrogen-bond donors (Lipinski definition) is 3. The van der Waals surface area contributed by atoms with E-state index in [1.807, 2.05) is 39.0 Å². The average molecular weight is 648 g/mol. The van der Waals surface area contributed by atoms with Gasteiger partial charge in [-0.3, -0.25) is 14.9 Å². The quantitative estimate of drug-likeness (QED) is 0.403. The van der Waals surface area contributed by atoms with Crippen molar-refractivity contribution >= 4 is 35.3 Å². The molecule has 1 saturated heterocycles. The van der Waals surface area contributed by atoms with Crippen molar-refractivity contribution < 1.29 is 38.4 Å². The Balaban J connectivity index is 1.80.